The van der Waals surface area contributed by atoms with Crippen molar-refractivity contribution in [2.45, 2.75) is 0 Å². The summed E-state index contributed by atoms with van der Waals surface area (Å²) in [6, 6.07) is 14.1. The monoisotopic (exact) mass is 344 g/mol. The van der Waals surface area contributed by atoms with Gasteiger partial charge >= 0.3 is 0 Å². The van der Waals surface area contributed by atoms with E-state index in [1.165, 1.54) is 6.07 Å². The molecule has 5 heteroatoms. The Morgan fingerprint density at radius 1 is 1.00 bits per heavy atom. The molecule has 2 aromatic rings. The predicted molar refractivity (Wildman–Crippen MR) is 95.7 cm³/mol. The van der Waals surface area contributed by atoms with E-state index in [1.807, 2.05) is 29.2 Å². The molecule has 1 saturated heterocycles. The van der Waals surface area contributed by atoms with Gasteiger partial charge in [0.15, 0.2) is 0 Å². The van der Waals surface area contributed by atoms with Gasteiger partial charge in [0.2, 0.25) is 5.91 Å². The molecular weight excluding hydrogens is 327 g/mol. The lowest BCUT2D eigenvalue weighted by atomic mass is 10.2. The summed E-state index contributed by atoms with van der Waals surface area (Å²) in [4.78, 5) is 16.0. The number of anilines is 1. The van der Waals surface area contributed by atoms with E-state index in [4.69, 9.17) is 11.6 Å². The van der Waals surface area contributed by atoms with Crippen LogP contribution in [0.2, 0.25) is 5.02 Å². The van der Waals surface area contributed by atoms with Crippen molar-refractivity contribution in [3.63, 3.8) is 0 Å². The molecule has 1 aliphatic rings. The second-order valence-electron chi connectivity index (χ2n) is 5.62. The SMILES string of the molecule is O=C(C=Cc1ccccc1Cl)N1CCN(c2ccccc2F)CC1. The molecule has 1 fully saturated rings. The molecule has 1 amide bonds. The Bertz CT molecular complexity index is 755. The lowest BCUT2D eigenvalue weighted by Crippen LogP contribution is -2.48. The van der Waals surface area contributed by atoms with Gasteiger partial charge in [-0.3, -0.25) is 4.79 Å². The Morgan fingerprint density at radius 3 is 2.38 bits per heavy atom. The molecule has 0 radical (unpaired) electrons. The van der Waals surface area contributed by atoms with Gasteiger partial charge in [-0.2, -0.15) is 0 Å². The molecule has 1 heterocycles. The smallest absolute Gasteiger partial charge is 0.246 e. The first-order valence-electron chi connectivity index (χ1n) is 7.86. The average Bonchev–Trinajstić information content (AvgIpc) is 2.61. The van der Waals surface area contributed by atoms with Gasteiger partial charge < -0.3 is 9.80 Å². The van der Waals surface area contributed by atoms with Crippen LogP contribution in [0, 0.1) is 5.82 Å². The van der Waals surface area contributed by atoms with E-state index < -0.39 is 0 Å². The number of carbonyl (C=O) groups is 1. The summed E-state index contributed by atoms with van der Waals surface area (Å²) in [5.41, 5.74) is 1.41. The summed E-state index contributed by atoms with van der Waals surface area (Å²) < 4.78 is 13.8. The fourth-order valence-corrected chi connectivity index (χ4v) is 2.95. The van der Waals surface area contributed by atoms with Crippen molar-refractivity contribution in [1.82, 2.24) is 4.90 Å². The first kappa shape index (κ1) is 16.5. The number of para-hydroxylation sites is 1. The molecule has 0 bridgehead atoms. The normalized spacial score (nSPS) is 15.1. The Labute approximate surface area is 145 Å². The van der Waals surface area contributed by atoms with Crippen LogP contribution in [0.5, 0.6) is 0 Å². The molecule has 0 spiro atoms. The maximum absolute atomic E-state index is 13.8. The van der Waals surface area contributed by atoms with E-state index >= 15 is 0 Å². The number of rotatable bonds is 3. The van der Waals surface area contributed by atoms with Crippen LogP contribution in [0.15, 0.2) is 54.6 Å². The first-order valence-corrected chi connectivity index (χ1v) is 8.24. The molecule has 0 aromatic heterocycles. The Morgan fingerprint density at radius 2 is 1.67 bits per heavy atom. The minimum Gasteiger partial charge on any atom is -0.366 e. The first-order chi connectivity index (χ1) is 11.6. The number of amides is 1. The van der Waals surface area contributed by atoms with Gasteiger partial charge in [-0.25, -0.2) is 4.39 Å². The van der Waals surface area contributed by atoms with Gasteiger partial charge in [0, 0.05) is 37.3 Å². The molecule has 0 saturated carbocycles. The van der Waals surface area contributed by atoms with E-state index in [2.05, 4.69) is 0 Å². The summed E-state index contributed by atoms with van der Waals surface area (Å²) in [5, 5.41) is 0.617. The molecule has 0 aliphatic carbocycles. The van der Waals surface area contributed by atoms with E-state index in [0.29, 0.717) is 36.9 Å². The molecule has 3 rings (SSSR count). The molecule has 0 N–H and O–H groups in total. The lowest BCUT2D eigenvalue weighted by molar-refractivity contribution is -0.126. The average molecular weight is 345 g/mol. The van der Waals surface area contributed by atoms with Crippen molar-refractivity contribution >= 4 is 29.3 Å². The standard InChI is InChI=1S/C19H18ClFN2O/c20-16-6-2-1-5-15(16)9-10-19(24)23-13-11-22(12-14-23)18-8-4-3-7-17(18)21/h1-10H,11-14H2. The third-order valence-corrected chi connectivity index (χ3v) is 4.44. The van der Waals surface area contributed by atoms with E-state index in [9.17, 15) is 9.18 Å². The zero-order valence-electron chi connectivity index (χ0n) is 13.2. The van der Waals surface area contributed by atoms with Gasteiger partial charge in [0.1, 0.15) is 5.82 Å². The molecule has 124 valence electrons. The Hall–Kier alpha value is -2.33. The largest absolute Gasteiger partial charge is 0.366 e. The second-order valence-corrected chi connectivity index (χ2v) is 6.03. The highest BCUT2D eigenvalue weighted by molar-refractivity contribution is 6.32. The predicted octanol–water partition coefficient (Wildman–Crippen LogP) is 3.84. The summed E-state index contributed by atoms with van der Waals surface area (Å²) in [6.07, 6.45) is 3.27. The van der Waals surface area contributed by atoms with Crippen LogP contribution in [0.3, 0.4) is 0 Å². The van der Waals surface area contributed by atoms with Gasteiger partial charge in [-0.05, 0) is 29.8 Å². The molecule has 24 heavy (non-hydrogen) atoms. The number of hydrogen-bond donors (Lipinski definition) is 0. The molecule has 2 aromatic carbocycles. The molecular formula is C19H18ClFN2O. The highest BCUT2D eigenvalue weighted by atomic mass is 35.5. The summed E-state index contributed by atoms with van der Waals surface area (Å²) in [7, 11) is 0. The van der Waals surface area contributed by atoms with Crippen LogP contribution in [0.25, 0.3) is 6.08 Å². The quantitative estimate of drug-likeness (QED) is 0.790. The van der Waals surface area contributed by atoms with Crippen LogP contribution in [0.1, 0.15) is 5.56 Å². The zero-order chi connectivity index (χ0) is 16.9. The molecule has 0 atom stereocenters. The summed E-state index contributed by atoms with van der Waals surface area (Å²) in [6.45, 7) is 2.37. The van der Waals surface area contributed by atoms with E-state index in [1.54, 1.807) is 35.3 Å². The highest BCUT2D eigenvalue weighted by Gasteiger charge is 2.21. The third kappa shape index (κ3) is 3.77. The molecule has 3 nitrogen and oxygen atoms in total. The zero-order valence-corrected chi connectivity index (χ0v) is 13.9. The fourth-order valence-electron chi connectivity index (χ4n) is 2.75. The van der Waals surface area contributed by atoms with E-state index in [-0.39, 0.29) is 11.7 Å². The van der Waals surface area contributed by atoms with Gasteiger partial charge in [-0.1, -0.05) is 41.9 Å². The van der Waals surface area contributed by atoms with Crippen molar-refractivity contribution in [2.24, 2.45) is 0 Å². The van der Waals surface area contributed by atoms with Crippen LogP contribution in [-0.4, -0.2) is 37.0 Å². The lowest BCUT2D eigenvalue weighted by Gasteiger charge is -2.35. The molecule has 0 unspecified atom stereocenters. The number of carbonyl (C=O) groups excluding carboxylic acids is 1. The van der Waals surface area contributed by atoms with Crippen LogP contribution in [-0.2, 0) is 4.79 Å². The fraction of sp³-hybridized carbons (Fsp3) is 0.211. The maximum atomic E-state index is 13.8. The second kappa shape index (κ2) is 7.49. The van der Waals surface area contributed by atoms with Crippen LogP contribution in [0.4, 0.5) is 10.1 Å². The Kier molecular flexibility index (Phi) is 5.16. The van der Waals surface area contributed by atoms with Crippen molar-refractivity contribution < 1.29 is 9.18 Å². The molecule has 1 aliphatic heterocycles. The highest BCUT2D eigenvalue weighted by Crippen LogP contribution is 2.20. The maximum Gasteiger partial charge on any atom is 0.246 e. The van der Waals surface area contributed by atoms with Crippen molar-refractivity contribution in [3.8, 4) is 0 Å². The van der Waals surface area contributed by atoms with E-state index in [0.717, 1.165) is 5.56 Å². The van der Waals surface area contributed by atoms with Crippen molar-refractivity contribution in [2.75, 3.05) is 31.1 Å². The number of nitrogens with zero attached hydrogens (tertiary/aromatic N) is 2. The van der Waals surface area contributed by atoms with Gasteiger partial charge in [0.25, 0.3) is 0 Å². The minimum atomic E-state index is -0.226. The topological polar surface area (TPSA) is 23.6 Å². The summed E-state index contributed by atoms with van der Waals surface area (Å²) in [5.74, 6) is -0.279. The number of benzene rings is 2. The van der Waals surface area contributed by atoms with Crippen molar-refractivity contribution in [3.05, 3.63) is 71.0 Å². The Balaban J connectivity index is 1.59. The van der Waals surface area contributed by atoms with Gasteiger partial charge in [0.05, 0.1) is 5.69 Å². The summed E-state index contributed by atoms with van der Waals surface area (Å²) >= 11 is 6.08. The minimum absolute atomic E-state index is 0.0527. The van der Waals surface area contributed by atoms with Crippen LogP contribution < -0.4 is 4.90 Å². The number of halogens is 2. The van der Waals surface area contributed by atoms with Gasteiger partial charge in [-0.15, -0.1) is 0 Å². The number of piperazine rings is 1. The van der Waals surface area contributed by atoms with Crippen molar-refractivity contribution in [1.29, 1.82) is 0 Å². The third-order valence-electron chi connectivity index (χ3n) is 4.10. The van der Waals surface area contributed by atoms with Crippen LogP contribution >= 0.6 is 11.6 Å². The number of hydrogen-bond acceptors (Lipinski definition) is 2.